The third-order valence-corrected chi connectivity index (χ3v) is 7.39. The molecule has 2 N–H and O–H groups in total. The Morgan fingerprint density at radius 1 is 1.06 bits per heavy atom. The number of rotatable bonds is 8. The number of hydrogen-bond donors (Lipinski definition) is 2. The molecule has 2 aromatic carbocycles. The predicted octanol–water partition coefficient (Wildman–Crippen LogP) is 6.86. The van der Waals surface area contributed by atoms with Crippen molar-refractivity contribution in [3.05, 3.63) is 53.7 Å². The van der Waals surface area contributed by atoms with Crippen LogP contribution in [0.5, 0.6) is 5.75 Å². The van der Waals surface area contributed by atoms with Crippen molar-refractivity contribution in [3.63, 3.8) is 0 Å². The van der Waals surface area contributed by atoms with Gasteiger partial charge in [0.1, 0.15) is 29.7 Å². The summed E-state index contributed by atoms with van der Waals surface area (Å²) in [6, 6.07) is 10.2. The molecular weight excluding hydrogens is 688 g/mol. The zero-order chi connectivity index (χ0) is 38.9. The van der Waals surface area contributed by atoms with Gasteiger partial charge in [-0.05, 0) is 96.8 Å². The first kappa shape index (κ1) is 41.5. The van der Waals surface area contributed by atoms with Gasteiger partial charge in [-0.25, -0.2) is 14.0 Å². The maximum Gasteiger partial charge on any atom is 0.415 e. The number of piperidine rings is 1. The van der Waals surface area contributed by atoms with Gasteiger partial charge in [-0.15, -0.1) is 0 Å². The number of fused-ring (bicyclic) bond motifs is 1. The molecule has 0 saturated carbocycles. The van der Waals surface area contributed by atoms with Crippen molar-refractivity contribution in [3.8, 4) is 17.6 Å². The van der Waals surface area contributed by atoms with Gasteiger partial charge in [0, 0.05) is 17.6 Å². The fourth-order valence-corrected chi connectivity index (χ4v) is 5.11. The van der Waals surface area contributed by atoms with E-state index in [0.717, 1.165) is 4.57 Å². The second-order valence-electron chi connectivity index (χ2n) is 13.8. The number of ether oxygens (including phenoxy) is 4. The Hall–Kier alpha value is -4.97. The molecule has 1 fully saturated rings. The molecule has 1 saturated heterocycles. The van der Waals surface area contributed by atoms with Crippen molar-refractivity contribution < 1.29 is 50.9 Å². The summed E-state index contributed by atoms with van der Waals surface area (Å²) in [5.41, 5.74) is 0.0265. The fraction of sp³-hybridized carbons (Fsp3) is 0.486. The summed E-state index contributed by atoms with van der Waals surface area (Å²) in [4.78, 5) is 36.1. The summed E-state index contributed by atoms with van der Waals surface area (Å²) >= 11 is 0. The molecule has 0 radical (unpaired) electrons. The van der Waals surface area contributed by atoms with Gasteiger partial charge in [0.05, 0.1) is 49.3 Å². The van der Waals surface area contributed by atoms with Crippen LogP contribution in [0.15, 0.2) is 42.5 Å². The van der Waals surface area contributed by atoms with Gasteiger partial charge in [-0.3, -0.25) is 9.69 Å². The number of halogens is 4. The molecule has 2 heterocycles. The summed E-state index contributed by atoms with van der Waals surface area (Å²) in [5.74, 6) is 5.14. The first-order chi connectivity index (χ1) is 24.3. The largest absolute Gasteiger partial charge is 0.495 e. The SMILES string of the molecule is CC(C)(C)OC=O.COC(=O)c1ccc(N(CC#Cc2cc3c(N[C@@H]4CCNC[C@@H]4F)cccc3n2CC(F)(F)F)C(=O)OC(C)(C)C)c(OC)c1. The van der Waals surface area contributed by atoms with E-state index in [-0.39, 0.29) is 46.9 Å². The predicted molar refractivity (Wildman–Crippen MR) is 189 cm³/mol. The average molecular weight is 735 g/mol. The quantitative estimate of drug-likeness (QED) is 0.0841. The standard InChI is InChI=1S/C32H36F4N4O5.C5H10O2/c1-31(2,3)45-30(42)39(27-12-11-20(29(41)44-5)16-28(27)43-4)15-7-8-21-17-22-24(38-25-13-14-37-18-23(25)33)9-6-10-26(22)40(21)19-32(34,35)36;1-5(2,3)7-4-6/h6,9-12,16-17,23,25,37-38H,13-15,18-19H2,1-5H3;4H,1-3H3/t23-,25+;/m0./s1. The van der Waals surface area contributed by atoms with Crippen LogP contribution < -0.4 is 20.3 Å². The molecule has 0 bridgehead atoms. The minimum Gasteiger partial charge on any atom is -0.495 e. The van der Waals surface area contributed by atoms with Gasteiger partial charge in [0.2, 0.25) is 0 Å². The average Bonchev–Trinajstić information content (AvgIpc) is 3.38. The molecule has 1 aliphatic rings. The number of aromatic nitrogens is 1. The first-order valence-corrected chi connectivity index (χ1v) is 16.4. The lowest BCUT2D eigenvalue weighted by Crippen LogP contribution is -2.45. The Labute approximate surface area is 300 Å². The Morgan fingerprint density at radius 2 is 1.77 bits per heavy atom. The van der Waals surface area contributed by atoms with E-state index in [1.807, 2.05) is 20.8 Å². The molecule has 1 amide bonds. The molecule has 52 heavy (non-hydrogen) atoms. The van der Waals surface area contributed by atoms with Gasteiger partial charge in [-0.1, -0.05) is 12.0 Å². The number of nitrogens with zero attached hydrogens (tertiary/aromatic N) is 2. The van der Waals surface area contributed by atoms with Crippen molar-refractivity contribution in [2.24, 2.45) is 0 Å². The Bertz CT molecular complexity index is 1770. The zero-order valence-corrected chi connectivity index (χ0v) is 30.6. The van der Waals surface area contributed by atoms with E-state index in [0.29, 0.717) is 30.5 Å². The first-order valence-electron chi connectivity index (χ1n) is 16.4. The number of esters is 1. The summed E-state index contributed by atoms with van der Waals surface area (Å²) in [5, 5.41) is 6.60. The van der Waals surface area contributed by atoms with E-state index in [1.165, 1.54) is 43.4 Å². The van der Waals surface area contributed by atoms with Crippen molar-refractivity contribution in [2.75, 3.05) is 44.1 Å². The Morgan fingerprint density at radius 3 is 2.33 bits per heavy atom. The molecule has 2 atom stereocenters. The van der Waals surface area contributed by atoms with E-state index >= 15 is 0 Å². The van der Waals surface area contributed by atoms with Crippen LogP contribution in [-0.4, -0.2) is 86.5 Å². The van der Waals surface area contributed by atoms with Crippen molar-refractivity contribution in [2.45, 2.75) is 84.1 Å². The normalized spacial score (nSPS) is 16.0. The minimum atomic E-state index is -4.55. The minimum absolute atomic E-state index is 0.0517. The molecule has 1 aromatic heterocycles. The highest BCUT2D eigenvalue weighted by atomic mass is 19.4. The van der Waals surface area contributed by atoms with Crippen molar-refractivity contribution in [1.29, 1.82) is 0 Å². The molecule has 0 unspecified atom stereocenters. The maximum atomic E-state index is 14.5. The van der Waals surface area contributed by atoms with E-state index in [2.05, 4.69) is 27.2 Å². The van der Waals surface area contributed by atoms with Crippen LogP contribution in [0.25, 0.3) is 10.9 Å². The second-order valence-corrected chi connectivity index (χ2v) is 13.8. The number of amides is 1. The van der Waals surface area contributed by atoms with Crippen molar-refractivity contribution in [1.82, 2.24) is 9.88 Å². The van der Waals surface area contributed by atoms with Crippen molar-refractivity contribution >= 4 is 40.8 Å². The molecule has 1 aliphatic heterocycles. The maximum absolute atomic E-state index is 14.5. The highest BCUT2D eigenvalue weighted by molar-refractivity contribution is 5.95. The van der Waals surface area contributed by atoms with Gasteiger partial charge >= 0.3 is 18.2 Å². The highest BCUT2D eigenvalue weighted by Crippen LogP contribution is 2.33. The molecule has 0 aliphatic carbocycles. The van der Waals surface area contributed by atoms with E-state index < -0.39 is 42.6 Å². The monoisotopic (exact) mass is 734 g/mol. The van der Waals surface area contributed by atoms with E-state index in [1.54, 1.807) is 39.0 Å². The topological polar surface area (TPSA) is 120 Å². The van der Waals surface area contributed by atoms with Gasteiger partial charge in [0.25, 0.3) is 6.47 Å². The summed E-state index contributed by atoms with van der Waals surface area (Å²) in [6.07, 6.45) is -5.99. The molecule has 11 nitrogen and oxygen atoms in total. The molecule has 15 heteroatoms. The number of methoxy groups -OCH3 is 2. The molecule has 4 rings (SSSR count). The number of benzene rings is 2. The fourth-order valence-electron chi connectivity index (χ4n) is 5.11. The third kappa shape index (κ3) is 12.1. The third-order valence-electron chi connectivity index (χ3n) is 7.39. The number of nitrogens with one attached hydrogen (secondary N) is 2. The molecule has 0 spiro atoms. The lowest BCUT2D eigenvalue weighted by molar-refractivity contribution is -0.140. The van der Waals surface area contributed by atoms with Crippen LogP contribution in [0.2, 0.25) is 0 Å². The smallest absolute Gasteiger partial charge is 0.415 e. The lowest BCUT2D eigenvalue weighted by Gasteiger charge is -2.28. The number of anilines is 2. The molecule has 284 valence electrons. The highest BCUT2D eigenvalue weighted by Gasteiger charge is 2.31. The Balaban J connectivity index is 0.000000944. The van der Waals surface area contributed by atoms with Gasteiger partial charge in [0.15, 0.2) is 0 Å². The number of alkyl halides is 4. The number of hydrogen-bond acceptors (Lipinski definition) is 9. The number of carbonyl (C=O) groups is 3. The number of carbonyl (C=O) groups excluding carboxylic acids is 3. The summed E-state index contributed by atoms with van der Waals surface area (Å²) < 4.78 is 77.1. The van der Waals surface area contributed by atoms with Crippen LogP contribution >= 0.6 is 0 Å². The Kier molecular flexibility index (Phi) is 13.9. The van der Waals surface area contributed by atoms with Crippen LogP contribution in [0.3, 0.4) is 0 Å². The second kappa shape index (κ2) is 17.5. The summed E-state index contributed by atoms with van der Waals surface area (Å²) in [7, 11) is 2.59. The molecular formula is C37H46F4N4O7. The van der Waals surface area contributed by atoms with Crippen LogP contribution in [0, 0.1) is 11.8 Å². The molecule has 3 aromatic rings. The van der Waals surface area contributed by atoms with E-state index in [4.69, 9.17) is 14.2 Å². The van der Waals surface area contributed by atoms with E-state index in [9.17, 15) is 31.9 Å². The lowest BCUT2D eigenvalue weighted by atomic mass is 10.0. The van der Waals surface area contributed by atoms with Crippen LogP contribution in [0.4, 0.5) is 33.7 Å². The van der Waals surface area contributed by atoms with Gasteiger partial charge < -0.3 is 34.1 Å². The zero-order valence-electron chi connectivity index (χ0n) is 30.6. The van der Waals surface area contributed by atoms with Gasteiger partial charge in [-0.2, -0.15) is 13.2 Å². The summed E-state index contributed by atoms with van der Waals surface area (Å²) in [6.45, 7) is 10.2. The van der Waals surface area contributed by atoms with Crippen LogP contribution in [0.1, 0.15) is 64.0 Å². The van der Waals surface area contributed by atoms with Crippen LogP contribution in [-0.2, 0) is 25.5 Å².